The van der Waals surface area contributed by atoms with Crippen molar-refractivity contribution in [1.29, 1.82) is 0 Å². The molecular formula is C15H10F3NO4. The summed E-state index contributed by atoms with van der Waals surface area (Å²) in [7, 11) is 0. The summed E-state index contributed by atoms with van der Waals surface area (Å²) >= 11 is 0. The predicted molar refractivity (Wildman–Crippen MR) is 75.9 cm³/mol. The number of carboxylic acids is 1. The molecular weight excluding hydrogens is 315 g/mol. The number of hydrogen-bond acceptors (Lipinski definition) is 3. The number of aliphatic carboxylic acids is 1. The van der Waals surface area contributed by atoms with E-state index in [0.717, 1.165) is 21.9 Å². The Kier molecular flexibility index (Phi) is 4.26. The smallest absolute Gasteiger partial charge is 0.475 e. The Balaban J connectivity index is 0.000000236. The first-order chi connectivity index (χ1) is 10.7. The maximum atomic E-state index is 11.1. The zero-order valence-corrected chi connectivity index (χ0v) is 11.4. The number of fused-ring (bicyclic) bond motifs is 3. The van der Waals surface area contributed by atoms with Crippen molar-refractivity contribution in [2.75, 3.05) is 0 Å². The number of benzene rings is 2. The van der Waals surface area contributed by atoms with Gasteiger partial charge in [-0.05, 0) is 24.3 Å². The number of carbonyl (C=O) groups excluding carboxylic acids is 1. The molecule has 0 saturated heterocycles. The highest BCUT2D eigenvalue weighted by atomic mass is 19.4. The van der Waals surface area contributed by atoms with Crippen LogP contribution >= 0.6 is 0 Å². The molecule has 5 nitrogen and oxygen atoms in total. The van der Waals surface area contributed by atoms with Crippen LogP contribution in [0.25, 0.3) is 21.9 Å². The lowest BCUT2D eigenvalue weighted by atomic mass is 10.1. The van der Waals surface area contributed by atoms with Gasteiger partial charge in [0, 0.05) is 16.3 Å². The number of alkyl halides is 3. The maximum absolute atomic E-state index is 11.1. The van der Waals surface area contributed by atoms with Crippen molar-refractivity contribution in [3.63, 3.8) is 0 Å². The summed E-state index contributed by atoms with van der Waals surface area (Å²) in [6.07, 6.45) is -5.08. The molecule has 3 N–H and O–H groups in total. The highest BCUT2D eigenvalue weighted by Crippen LogP contribution is 2.28. The minimum absolute atomic E-state index is 0.424. The summed E-state index contributed by atoms with van der Waals surface area (Å²) in [6.45, 7) is 0. The van der Waals surface area contributed by atoms with Crippen LogP contribution in [0.3, 0.4) is 0 Å². The van der Waals surface area contributed by atoms with Crippen LogP contribution < -0.4 is 5.73 Å². The molecule has 0 bridgehead atoms. The summed E-state index contributed by atoms with van der Waals surface area (Å²) in [5.74, 6) is -3.18. The maximum Gasteiger partial charge on any atom is 0.490 e. The number of amides is 1. The molecule has 1 aromatic heterocycles. The predicted octanol–water partition coefficient (Wildman–Crippen LogP) is 3.32. The number of hydrogen-bond donors (Lipinski definition) is 2. The van der Waals surface area contributed by atoms with Gasteiger partial charge in [0.2, 0.25) is 5.91 Å². The van der Waals surface area contributed by atoms with Crippen LogP contribution in [-0.2, 0) is 4.79 Å². The molecule has 0 aliphatic heterocycles. The van der Waals surface area contributed by atoms with E-state index in [2.05, 4.69) is 0 Å². The van der Waals surface area contributed by atoms with Crippen LogP contribution in [-0.4, -0.2) is 23.2 Å². The van der Waals surface area contributed by atoms with E-state index in [1.807, 2.05) is 24.3 Å². The zero-order valence-electron chi connectivity index (χ0n) is 11.4. The topological polar surface area (TPSA) is 93.5 Å². The third kappa shape index (κ3) is 3.60. The van der Waals surface area contributed by atoms with Gasteiger partial charge >= 0.3 is 12.1 Å². The lowest BCUT2D eigenvalue weighted by Crippen LogP contribution is -2.21. The molecule has 120 valence electrons. The van der Waals surface area contributed by atoms with Crippen LogP contribution in [0.4, 0.5) is 13.2 Å². The van der Waals surface area contributed by atoms with Gasteiger partial charge in [-0.1, -0.05) is 18.2 Å². The van der Waals surface area contributed by atoms with E-state index in [1.165, 1.54) is 0 Å². The fraction of sp³-hybridized carbons (Fsp3) is 0.0667. The number of carboxylic acid groups (broad SMARTS) is 1. The van der Waals surface area contributed by atoms with Gasteiger partial charge in [0.1, 0.15) is 11.2 Å². The summed E-state index contributed by atoms with van der Waals surface area (Å²) in [5, 5.41) is 9.05. The average Bonchev–Trinajstić information content (AvgIpc) is 2.84. The van der Waals surface area contributed by atoms with Crippen molar-refractivity contribution in [3.8, 4) is 0 Å². The van der Waals surface area contributed by atoms with Crippen molar-refractivity contribution in [2.24, 2.45) is 5.73 Å². The molecule has 0 saturated carbocycles. The van der Waals surface area contributed by atoms with E-state index >= 15 is 0 Å². The Hall–Kier alpha value is -3.03. The Morgan fingerprint density at radius 3 is 2.13 bits per heavy atom. The van der Waals surface area contributed by atoms with E-state index < -0.39 is 18.1 Å². The molecule has 23 heavy (non-hydrogen) atoms. The molecule has 2 aromatic carbocycles. The molecule has 0 spiro atoms. The van der Waals surface area contributed by atoms with Crippen molar-refractivity contribution in [3.05, 3.63) is 48.0 Å². The fourth-order valence-electron chi connectivity index (χ4n) is 1.88. The van der Waals surface area contributed by atoms with E-state index in [9.17, 15) is 18.0 Å². The van der Waals surface area contributed by atoms with Crippen LogP contribution in [0.2, 0.25) is 0 Å². The number of carbonyl (C=O) groups is 2. The van der Waals surface area contributed by atoms with E-state index in [0.29, 0.717) is 5.56 Å². The standard InChI is InChI=1S/C13H9NO2.C2HF3O2/c14-13(15)8-5-6-12-10(7-8)9-3-1-2-4-11(9)16-12;3-2(4,5)1(6)7/h1-7H,(H2,14,15);(H,6,7). The second-order valence-corrected chi connectivity index (χ2v) is 4.48. The van der Waals surface area contributed by atoms with Gasteiger partial charge in [0.15, 0.2) is 0 Å². The fourth-order valence-corrected chi connectivity index (χ4v) is 1.88. The summed E-state index contributed by atoms with van der Waals surface area (Å²) in [4.78, 5) is 20.0. The summed E-state index contributed by atoms with van der Waals surface area (Å²) in [5.41, 5.74) is 7.34. The van der Waals surface area contributed by atoms with Crippen LogP contribution in [0.5, 0.6) is 0 Å². The molecule has 0 aliphatic carbocycles. The largest absolute Gasteiger partial charge is 0.490 e. The highest BCUT2D eigenvalue weighted by molar-refractivity contribution is 6.07. The van der Waals surface area contributed by atoms with E-state index in [4.69, 9.17) is 20.1 Å². The normalized spacial score (nSPS) is 11.1. The van der Waals surface area contributed by atoms with Crippen molar-refractivity contribution in [1.82, 2.24) is 0 Å². The Morgan fingerprint density at radius 1 is 1.00 bits per heavy atom. The number of furan rings is 1. The first-order valence-electron chi connectivity index (χ1n) is 6.21. The minimum atomic E-state index is -5.08. The molecule has 3 aromatic rings. The van der Waals surface area contributed by atoms with Crippen LogP contribution in [0.15, 0.2) is 46.9 Å². The highest BCUT2D eigenvalue weighted by Gasteiger charge is 2.38. The number of primary amides is 1. The lowest BCUT2D eigenvalue weighted by Gasteiger charge is -1.94. The third-order valence-corrected chi connectivity index (χ3v) is 2.90. The molecule has 3 rings (SSSR count). The van der Waals surface area contributed by atoms with Gasteiger partial charge in [0.05, 0.1) is 0 Å². The van der Waals surface area contributed by atoms with E-state index in [1.54, 1.807) is 18.2 Å². The van der Waals surface area contributed by atoms with E-state index in [-0.39, 0.29) is 0 Å². The first kappa shape index (κ1) is 16.3. The number of nitrogens with two attached hydrogens (primary N) is 1. The second-order valence-electron chi connectivity index (χ2n) is 4.48. The van der Waals surface area contributed by atoms with Gasteiger partial charge in [-0.2, -0.15) is 13.2 Å². The SMILES string of the molecule is NC(=O)c1ccc2oc3ccccc3c2c1.O=C(O)C(F)(F)F. The Bertz CT molecular complexity index is 883. The van der Waals surface area contributed by atoms with Crippen LogP contribution in [0.1, 0.15) is 10.4 Å². The van der Waals surface area contributed by atoms with Crippen molar-refractivity contribution in [2.45, 2.75) is 6.18 Å². The molecule has 1 amide bonds. The molecule has 0 unspecified atom stereocenters. The Morgan fingerprint density at radius 2 is 1.57 bits per heavy atom. The molecule has 0 atom stereocenters. The van der Waals surface area contributed by atoms with Gasteiger partial charge in [0.25, 0.3) is 0 Å². The second kappa shape index (κ2) is 5.99. The van der Waals surface area contributed by atoms with Gasteiger partial charge < -0.3 is 15.3 Å². The van der Waals surface area contributed by atoms with Crippen LogP contribution in [0, 0.1) is 0 Å². The summed E-state index contributed by atoms with van der Waals surface area (Å²) < 4.78 is 37.4. The number of rotatable bonds is 1. The third-order valence-electron chi connectivity index (χ3n) is 2.90. The first-order valence-corrected chi connectivity index (χ1v) is 6.21. The zero-order chi connectivity index (χ0) is 17.2. The quantitative estimate of drug-likeness (QED) is 0.717. The Labute approximate surface area is 127 Å². The lowest BCUT2D eigenvalue weighted by molar-refractivity contribution is -0.192. The van der Waals surface area contributed by atoms with Gasteiger partial charge in [-0.15, -0.1) is 0 Å². The summed E-state index contributed by atoms with van der Waals surface area (Å²) in [6, 6.07) is 12.9. The van der Waals surface area contributed by atoms with Crippen molar-refractivity contribution >= 4 is 33.8 Å². The van der Waals surface area contributed by atoms with Gasteiger partial charge in [-0.3, -0.25) is 4.79 Å². The average molecular weight is 325 g/mol. The molecule has 1 heterocycles. The monoisotopic (exact) mass is 325 g/mol. The molecule has 0 aliphatic rings. The number of halogens is 3. The van der Waals surface area contributed by atoms with Crippen molar-refractivity contribution < 1.29 is 32.3 Å². The minimum Gasteiger partial charge on any atom is -0.475 e. The number of para-hydroxylation sites is 1. The molecule has 0 radical (unpaired) electrons. The van der Waals surface area contributed by atoms with Gasteiger partial charge in [-0.25, -0.2) is 4.79 Å². The molecule has 8 heteroatoms. The molecule has 0 fully saturated rings.